The molecule has 0 aromatic heterocycles. The molecule has 1 amide bonds. The maximum Gasteiger partial charge on any atom is 0.234 e. The molecule has 15 heavy (non-hydrogen) atoms. The zero-order chi connectivity index (χ0) is 11.4. The molecule has 1 saturated heterocycles. The molecular weight excluding hydrogens is 186 g/mol. The van der Waals surface area contributed by atoms with E-state index in [9.17, 15) is 4.79 Å². The molecule has 0 bridgehead atoms. The number of rotatable bonds is 2. The largest absolute Gasteiger partial charge is 0.342 e. The molecule has 1 heterocycles. The molecule has 1 fully saturated rings. The molecule has 2 heteroatoms. The van der Waals surface area contributed by atoms with E-state index in [2.05, 4.69) is 26.7 Å². The van der Waals surface area contributed by atoms with Gasteiger partial charge in [-0.1, -0.05) is 26.7 Å². The summed E-state index contributed by atoms with van der Waals surface area (Å²) >= 11 is 0. The lowest BCUT2D eigenvalue weighted by atomic mass is 9.79. The van der Waals surface area contributed by atoms with Crippen molar-refractivity contribution in [1.82, 2.24) is 4.90 Å². The topological polar surface area (TPSA) is 20.3 Å². The van der Waals surface area contributed by atoms with E-state index in [1.807, 2.05) is 4.90 Å². The minimum atomic E-state index is 0.120. The van der Waals surface area contributed by atoms with E-state index in [4.69, 9.17) is 6.42 Å². The van der Waals surface area contributed by atoms with Crippen molar-refractivity contribution in [3.05, 3.63) is 0 Å². The third-order valence-electron chi connectivity index (χ3n) is 3.48. The van der Waals surface area contributed by atoms with Gasteiger partial charge in [-0.15, -0.1) is 6.42 Å². The quantitative estimate of drug-likeness (QED) is 0.635. The van der Waals surface area contributed by atoms with E-state index < -0.39 is 0 Å². The minimum Gasteiger partial charge on any atom is -0.342 e. The van der Waals surface area contributed by atoms with Crippen molar-refractivity contribution >= 4 is 5.91 Å². The van der Waals surface area contributed by atoms with Gasteiger partial charge in [-0.3, -0.25) is 4.79 Å². The fourth-order valence-electron chi connectivity index (χ4n) is 2.39. The maximum absolute atomic E-state index is 11.7. The van der Waals surface area contributed by atoms with Gasteiger partial charge >= 0.3 is 0 Å². The molecule has 0 aromatic carbocycles. The average molecular weight is 207 g/mol. The third-order valence-corrected chi connectivity index (χ3v) is 3.48. The predicted octanol–water partition coefficient (Wildman–Crippen LogP) is 2.15. The second-order valence-electron chi connectivity index (χ2n) is 4.89. The molecule has 0 saturated carbocycles. The Hall–Kier alpha value is -0.970. The maximum atomic E-state index is 11.7. The highest BCUT2D eigenvalue weighted by Crippen LogP contribution is 2.29. The first-order valence-electron chi connectivity index (χ1n) is 5.77. The highest BCUT2D eigenvalue weighted by Gasteiger charge is 2.30. The Morgan fingerprint density at radius 2 is 2.27 bits per heavy atom. The van der Waals surface area contributed by atoms with Crippen LogP contribution in [0.15, 0.2) is 0 Å². The smallest absolute Gasteiger partial charge is 0.234 e. The van der Waals surface area contributed by atoms with E-state index >= 15 is 0 Å². The van der Waals surface area contributed by atoms with Crippen LogP contribution < -0.4 is 0 Å². The fraction of sp³-hybridized carbons (Fsp3) is 0.769. The number of piperidine rings is 1. The summed E-state index contributed by atoms with van der Waals surface area (Å²) in [6.07, 6.45) is 6.52. The highest BCUT2D eigenvalue weighted by atomic mass is 16.2. The first-order chi connectivity index (χ1) is 7.06. The number of carbonyl (C=O) groups excluding carboxylic acids is 1. The molecule has 84 valence electrons. The summed E-state index contributed by atoms with van der Waals surface area (Å²) in [5.74, 6) is 4.54. The van der Waals surface area contributed by atoms with Gasteiger partial charge in [-0.25, -0.2) is 0 Å². The number of hydrogen-bond donors (Lipinski definition) is 0. The molecule has 0 aliphatic carbocycles. The molecular formula is C13H21NO. The monoisotopic (exact) mass is 207 g/mol. The molecule has 2 atom stereocenters. The van der Waals surface area contributed by atoms with Gasteiger partial charge in [0.15, 0.2) is 0 Å². The second kappa shape index (κ2) is 5.21. The Morgan fingerprint density at radius 3 is 2.80 bits per heavy atom. The van der Waals surface area contributed by atoms with Gasteiger partial charge in [0, 0.05) is 13.1 Å². The van der Waals surface area contributed by atoms with Crippen molar-refractivity contribution in [3.63, 3.8) is 0 Å². The Kier molecular flexibility index (Phi) is 4.20. The lowest BCUT2D eigenvalue weighted by Gasteiger charge is -2.39. The highest BCUT2D eigenvalue weighted by molar-refractivity contribution is 5.78. The fourth-order valence-corrected chi connectivity index (χ4v) is 2.39. The van der Waals surface area contributed by atoms with Crippen LogP contribution in [0.5, 0.6) is 0 Å². The van der Waals surface area contributed by atoms with E-state index in [1.54, 1.807) is 0 Å². The molecule has 1 rings (SSSR count). The van der Waals surface area contributed by atoms with Crippen LogP contribution in [0.3, 0.4) is 0 Å². The zero-order valence-electron chi connectivity index (χ0n) is 9.99. The van der Waals surface area contributed by atoms with Crippen molar-refractivity contribution in [3.8, 4) is 12.3 Å². The molecule has 1 aliphatic heterocycles. The van der Waals surface area contributed by atoms with Gasteiger partial charge < -0.3 is 4.90 Å². The summed E-state index contributed by atoms with van der Waals surface area (Å²) in [4.78, 5) is 13.6. The first kappa shape index (κ1) is 12.1. The zero-order valence-corrected chi connectivity index (χ0v) is 9.99. The number of hydrogen-bond acceptors (Lipinski definition) is 1. The van der Waals surface area contributed by atoms with E-state index in [0.29, 0.717) is 11.8 Å². The Labute approximate surface area is 93.0 Å². The summed E-state index contributed by atoms with van der Waals surface area (Å²) in [5.41, 5.74) is 0. The SMILES string of the molecule is C#CCC(=O)N1CCC(C)C(C(C)C)C1. The summed E-state index contributed by atoms with van der Waals surface area (Å²) < 4.78 is 0. The standard InChI is InChI=1S/C13H21NO/c1-5-6-13(15)14-8-7-11(4)12(9-14)10(2)3/h1,10-12H,6-9H2,2-4H3. The minimum absolute atomic E-state index is 0.120. The van der Waals surface area contributed by atoms with Crippen molar-refractivity contribution in [2.45, 2.75) is 33.6 Å². The van der Waals surface area contributed by atoms with Crippen molar-refractivity contribution < 1.29 is 4.79 Å². The van der Waals surface area contributed by atoms with E-state index in [-0.39, 0.29) is 12.3 Å². The molecule has 0 aromatic rings. The second-order valence-corrected chi connectivity index (χ2v) is 4.89. The Morgan fingerprint density at radius 1 is 1.60 bits per heavy atom. The van der Waals surface area contributed by atoms with Crippen LogP contribution in [0.2, 0.25) is 0 Å². The van der Waals surface area contributed by atoms with Crippen LogP contribution in [-0.2, 0) is 4.79 Å². The number of amides is 1. The van der Waals surface area contributed by atoms with Crippen molar-refractivity contribution in [1.29, 1.82) is 0 Å². The van der Waals surface area contributed by atoms with Crippen LogP contribution in [0, 0.1) is 30.1 Å². The van der Waals surface area contributed by atoms with Gasteiger partial charge in [0.05, 0.1) is 6.42 Å². The average Bonchev–Trinajstić information content (AvgIpc) is 2.18. The van der Waals surface area contributed by atoms with Crippen LogP contribution in [-0.4, -0.2) is 23.9 Å². The molecule has 0 N–H and O–H groups in total. The molecule has 2 unspecified atom stereocenters. The molecule has 2 nitrogen and oxygen atoms in total. The van der Waals surface area contributed by atoms with E-state index in [1.165, 1.54) is 0 Å². The first-order valence-corrected chi connectivity index (χ1v) is 5.77. The molecule has 0 spiro atoms. The predicted molar refractivity (Wildman–Crippen MR) is 62.1 cm³/mol. The Bertz CT molecular complexity index is 264. The number of carbonyl (C=O) groups is 1. The molecule has 0 radical (unpaired) electrons. The molecule has 1 aliphatic rings. The van der Waals surface area contributed by atoms with Gasteiger partial charge in [-0.2, -0.15) is 0 Å². The lowest BCUT2D eigenvalue weighted by molar-refractivity contribution is -0.133. The van der Waals surface area contributed by atoms with Crippen molar-refractivity contribution in [2.24, 2.45) is 17.8 Å². The summed E-state index contributed by atoms with van der Waals surface area (Å²) in [6.45, 7) is 8.52. The number of likely N-dealkylation sites (tertiary alicyclic amines) is 1. The summed E-state index contributed by atoms with van der Waals surface area (Å²) in [7, 11) is 0. The van der Waals surface area contributed by atoms with Gasteiger partial charge in [0.1, 0.15) is 0 Å². The normalized spacial score (nSPS) is 26.5. The van der Waals surface area contributed by atoms with Crippen molar-refractivity contribution in [2.75, 3.05) is 13.1 Å². The van der Waals surface area contributed by atoms with Crippen LogP contribution in [0.4, 0.5) is 0 Å². The van der Waals surface area contributed by atoms with Gasteiger partial charge in [0.2, 0.25) is 5.91 Å². The van der Waals surface area contributed by atoms with Gasteiger partial charge in [-0.05, 0) is 24.2 Å². The lowest BCUT2D eigenvalue weighted by Crippen LogP contribution is -2.44. The van der Waals surface area contributed by atoms with E-state index in [0.717, 1.165) is 25.4 Å². The summed E-state index contributed by atoms with van der Waals surface area (Å²) in [6, 6.07) is 0. The summed E-state index contributed by atoms with van der Waals surface area (Å²) in [5, 5.41) is 0. The van der Waals surface area contributed by atoms with Crippen LogP contribution in [0.25, 0.3) is 0 Å². The van der Waals surface area contributed by atoms with Crippen LogP contribution in [0.1, 0.15) is 33.6 Å². The van der Waals surface area contributed by atoms with Gasteiger partial charge in [0.25, 0.3) is 0 Å². The van der Waals surface area contributed by atoms with Crippen LogP contribution >= 0.6 is 0 Å². The number of terminal acetylenes is 1. The third kappa shape index (κ3) is 2.99. The number of nitrogens with zero attached hydrogens (tertiary/aromatic N) is 1. The Balaban J connectivity index is 2.58.